The normalized spacial score (nSPS) is 11.9. The first-order chi connectivity index (χ1) is 66.8. The SMILES string of the molecule is CC(C)C(=O)CC[C@H](CC(=O)CCCCCCCCCCCCCCCCC(=O)O)C(=O)O.CC(C)C(=O)CC[C@H](CC(=O)COCCOCCNC(=O)COCCOCCCC(=O)CCCCCCCCCCCCCCCCC(=O)O)C(=O)O.CC(C)C(=O)COCCOCCCC(=O)COCCOCCNC(=O)CC[C@H](CC(=O)CCCCCCCCCCCCCCCCC(=O)O)C(=O)O. The maximum atomic E-state index is 12.4. The van der Waals surface area contributed by atoms with Gasteiger partial charge in [-0.15, -0.1) is 0 Å². The Labute approximate surface area is 833 Å². The monoisotopic (exact) mass is 1980 g/mol. The molecule has 808 valence electrons. The first-order valence-corrected chi connectivity index (χ1v) is 53.4. The molecule has 0 aliphatic rings. The molecule has 32 heteroatoms. The molecule has 0 rings (SSSR count). The number of carboxylic acid groups (broad SMARTS) is 6. The fourth-order valence-corrected chi connectivity index (χ4v) is 15.1. The summed E-state index contributed by atoms with van der Waals surface area (Å²) in [6.45, 7) is 14.6. The van der Waals surface area contributed by atoms with Crippen molar-refractivity contribution in [1.82, 2.24) is 10.6 Å². The Bertz CT molecular complexity index is 3160. The zero-order valence-electron chi connectivity index (χ0n) is 86.8. The average molecular weight is 1980 g/mol. The molecule has 0 radical (unpaired) electrons. The number of hydrogen-bond donors (Lipinski definition) is 8. The molecule has 0 aromatic rings. The van der Waals surface area contributed by atoms with Gasteiger partial charge in [0.25, 0.3) is 0 Å². The van der Waals surface area contributed by atoms with Crippen LogP contribution in [-0.4, -0.2) is 243 Å². The van der Waals surface area contributed by atoms with Crippen LogP contribution in [-0.2, 0) is 115 Å². The number of unbranched alkanes of at least 4 members (excludes halogenated alkanes) is 39. The Morgan fingerprint density at radius 3 is 0.712 bits per heavy atom. The van der Waals surface area contributed by atoms with Crippen LogP contribution in [0.15, 0.2) is 0 Å². The molecule has 0 aliphatic carbocycles. The highest BCUT2D eigenvalue weighted by atomic mass is 16.5. The van der Waals surface area contributed by atoms with Gasteiger partial charge in [-0.3, -0.25) is 76.7 Å². The molecule has 3 atom stereocenters. The average Bonchev–Trinajstić information content (AvgIpc) is 0.932. The number of carboxylic acids is 6. The van der Waals surface area contributed by atoms with Gasteiger partial charge in [-0.1, -0.05) is 273 Å². The molecule has 2 amide bonds. The second kappa shape index (κ2) is 101. The van der Waals surface area contributed by atoms with Crippen LogP contribution >= 0.6 is 0 Å². The Balaban J connectivity index is -0.00000206. The van der Waals surface area contributed by atoms with Gasteiger partial charge in [-0.05, 0) is 70.6 Å². The van der Waals surface area contributed by atoms with Gasteiger partial charge in [0.2, 0.25) is 11.8 Å². The van der Waals surface area contributed by atoms with Crippen LogP contribution < -0.4 is 10.6 Å². The minimum atomic E-state index is -1.10. The molecule has 0 spiro atoms. The third-order valence-electron chi connectivity index (χ3n) is 24.0. The van der Waals surface area contributed by atoms with Crippen molar-refractivity contribution in [2.45, 2.75) is 433 Å². The fourth-order valence-electron chi connectivity index (χ4n) is 15.1. The summed E-state index contributed by atoms with van der Waals surface area (Å²) in [6, 6.07) is 0. The first kappa shape index (κ1) is 136. The molecule has 0 bridgehead atoms. The van der Waals surface area contributed by atoms with Crippen molar-refractivity contribution in [2.24, 2.45) is 35.5 Å². The van der Waals surface area contributed by atoms with E-state index in [0.29, 0.717) is 90.8 Å². The molecule has 8 N–H and O–H groups in total. The number of Topliss-reactive ketones (excluding diaryl/α,β-unsaturated/α-hetero) is 8. The van der Waals surface area contributed by atoms with Crippen LogP contribution in [0.1, 0.15) is 433 Å². The lowest BCUT2D eigenvalue weighted by Gasteiger charge is -2.12. The number of hydrogen-bond acceptors (Lipinski definition) is 24. The van der Waals surface area contributed by atoms with Crippen molar-refractivity contribution in [1.29, 1.82) is 0 Å². The van der Waals surface area contributed by atoms with Gasteiger partial charge in [-0.2, -0.15) is 0 Å². The zero-order chi connectivity index (χ0) is 104. The lowest BCUT2D eigenvalue weighted by atomic mass is 9.92. The summed E-state index contributed by atoms with van der Waals surface area (Å²) in [5, 5.41) is 59.4. The highest BCUT2D eigenvalue weighted by Crippen LogP contribution is 2.23. The van der Waals surface area contributed by atoms with Crippen LogP contribution in [0.2, 0.25) is 0 Å². The zero-order valence-corrected chi connectivity index (χ0v) is 86.8. The number of ketones is 8. The van der Waals surface area contributed by atoms with Crippen molar-refractivity contribution in [3.05, 3.63) is 0 Å². The summed E-state index contributed by atoms with van der Waals surface area (Å²) >= 11 is 0. The minimum absolute atomic E-state index is 0.00119. The molecule has 0 aliphatic heterocycles. The predicted molar refractivity (Wildman–Crippen MR) is 535 cm³/mol. The van der Waals surface area contributed by atoms with E-state index in [9.17, 15) is 92.0 Å². The standard InChI is InChI=1S/2C40H71NO12.C27H48O6/c1-33(2)37(44)32-53-29-26-50-24-17-19-36(43)31-52-28-27-51-25-23-41-38(45)22-21-34(40(48)49)30-35(42)18-15-13-11-9-7-5-3-4-6-8-10-12-14-16-20-39(46)47;1-33(2)37(44)22-21-34(40(48)49)30-36(43)31-52-28-27-51-25-23-41-38(45)32-53-29-26-50-24-17-19-35(42)18-15-13-11-9-7-5-3-4-6-8-10-12-14-16-20-39(46)47;1-22(2)25(29)20-19-23(27(32)33)21-24(28)17-15-13-11-9-7-5-3-4-6-8-10-12-14-16-18-26(30)31/h2*33-34H,3-32H2,1-2H3,(H,41,45)(H,46,47)(H,48,49);22-23H,3-21H2,1-2H3,(H,30,31)(H,32,33)/t2*34-;23-/m111/s1. The van der Waals surface area contributed by atoms with E-state index >= 15 is 0 Å². The van der Waals surface area contributed by atoms with Crippen LogP contribution in [0, 0.1) is 35.5 Å². The number of carbonyl (C=O) groups excluding carboxylic acids is 10. The summed E-state index contributed by atoms with van der Waals surface area (Å²) in [4.78, 5) is 185. The van der Waals surface area contributed by atoms with E-state index in [2.05, 4.69) is 10.6 Å². The topological polar surface area (TPSA) is 492 Å². The smallest absolute Gasteiger partial charge is 0.306 e. The lowest BCUT2D eigenvalue weighted by Crippen LogP contribution is -2.31. The number of ether oxygens (including phenoxy) is 8. The van der Waals surface area contributed by atoms with Gasteiger partial charge < -0.3 is 79.2 Å². The van der Waals surface area contributed by atoms with Gasteiger partial charge in [0.1, 0.15) is 55.3 Å². The molecular weight excluding hydrogens is 1790 g/mol. The quantitative estimate of drug-likeness (QED) is 0.0262. The molecule has 0 heterocycles. The summed E-state index contributed by atoms with van der Waals surface area (Å²) in [5.74, 6) is -8.74. The van der Waals surface area contributed by atoms with Gasteiger partial charge in [-0.25, -0.2) is 0 Å². The minimum Gasteiger partial charge on any atom is -0.481 e. The largest absolute Gasteiger partial charge is 0.481 e. The number of rotatable bonds is 106. The van der Waals surface area contributed by atoms with Crippen molar-refractivity contribution < 1.29 is 145 Å². The van der Waals surface area contributed by atoms with Gasteiger partial charge >= 0.3 is 35.8 Å². The third-order valence-corrected chi connectivity index (χ3v) is 24.0. The van der Waals surface area contributed by atoms with Gasteiger partial charge in [0.05, 0.1) is 83.8 Å². The Morgan fingerprint density at radius 1 is 0.194 bits per heavy atom. The summed E-state index contributed by atoms with van der Waals surface area (Å²) < 4.78 is 42.8. The number of nitrogens with one attached hydrogen (secondary N) is 2. The van der Waals surface area contributed by atoms with Gasteiger partial charge in [0, 0.05) is 134 Å². The number of amides is 2. The second-order valence-corrected chi connectivity index (χ2v) is 38.0. The predicted octanol–water partition coefficient (Wildman–Crippen LogP) is 20.0. The lowest BCUT2D eigenvalue weighted by molar-refractivity contribution is -0.145. The van der Waals surface area contributed by atoms with E-state index in [1.807, 2.05) is 13.8 Å². The second-order valence-electron chi connectivity index (χ2n) is 38.0. The van der Waals surface area contributed by atoms with Crippen molar-refractivity contribution in [2.75, 3.05) is 119 Å². The Hall–Kier alpha value is -7.20. The van der Waals surface area contributed by atoms with Crippen LogP contribution in [0.3, 0.4) is 0 Å². The Morgan fingerprint density at radius 2 is 0.417 bits per heavy atom. The van der Waals surface area contributed by atoms with E-state index in [4.69, 9.17) is 53.2 Å². The Kier molecular flexibility index (Phi) is 98.6. The van der Waals surface area contributed by atoms with Crippen LogP contribution in [0.5, 0.6) is 0 Å². The van der Waals surface area contributed by atoms with E-state index < -0.39 is 53.6 Å². The van der Waals surface area contributed by atoms with Gasteiger partial charge in [0.15, 0.2) is 17.3 Å². The van der Waals surface area contributed by atoms with E-state index in [1.165, 1.54) is 154 Å². The molecular formula is C107H190N2O30. The summed E-state index contributed by atoms with van der Waals surface area (Å²) in [6.07, 6.45) is 52.6. The molecule has 0 aromatic heterocycles. The third kappa shape index (κ3) is 103. The number of carbonyl (C=O) groups is 16. The van der Waals surface area contributed by atoms with Crippen LogP contribution in [0.25, 0.3) is 0 Å². The van der Waals surface area contributed by atoms with E-state index in [-0.39, 0.29) is 226 Å². The van der Waals surface area contributed by atoms with Crippen LogP contribution in [0.4, 0.5) is 0 Å². The first-order valence-electron chi connectivity index (χ1n) is 53.4. The van der Waals surface area contributed by atoms with E-state index in [0.717, 1.165) is 116 Å². The maximum Gasteiger partial charge on any atom is 0.306 e. The van der Waals surface area contributed by atoms with Crippen molar-refractivity contribution >= 4 is 93.9 Å². The highest BCUT2D eigenvalue weighted by molar-refractivity contribution is 5.87. The molecule has 0 unspecified atom stereocenters. The molecule has 0 saturated carbocycles. The summed E-state index contributed by atoms with van der Waals surface area (Å²) in [5.41, 5.74) is 0. The highest BCUT2D eigenvalue weighted by Gasteiger charge is 2.26. The fraction of sp³-hybridized carbons (Fsp3) is 0.850. The van der Waals surface area contributed by atoms with E-state index in [1.54, 1.807) is 27.7 Å². The molecule has 0 saturated heterocycles. The van der Waals surface area contributed by atoms with Crippen molar-refractivity contribution in [3.63, 3.8) is 0 Å². The number of aliphatic carboxylic acids is 6. The molecule has 0 aromatic carbocycles. The molecule has 32 nitrogen and oxygen atoms in total. The summed E-state index contributed by atoms with van der Waals surface area (Å²) in [7, 11) is 0. The molecule has 139 heavy (non-hydrogen) atoms. The maximum absolute atomic E-state index is 12.4. The van der Waals surface area contributed by atoms with Crippen molar-refractivity contribution in [3.8, 4) is 0 Å². The molecule has 0 fully saturated rings.